The lowest BCUT2D eigenvalue weighted by Gasteiger charge is -2.27. The monoisotopic (exact) mass is 606 g/mol. The molecule has 1 aliphatic heterocycles. The highest BCUT2D eigenvalue weighted by Crippen LogP contribution is 2.15. The van der Waals surface area contributed by atoms with Crippen molar-refractivity contribution in [1.82, 2.24) is 21.3 Å². The number of aliphatic hydroxyl groups is 2. The van der Waals surface area contributed by atoms with Crippen LogP contribution < -0.4 is 32.7 Å². The van der Waals surface area contributed by atoms with Gasteiger partial charge in [0.1, 0.15) is 12.1 Å². The molecule has 2 unspecified atom stereocenters. The van der Waals surface area contributed by atoms with E-state index < -0.39 is 59.9 Å². The zero-order valence-electron chi connectivity index (χ0n) is 25.3. The molecule has 242 valence electrons. The molecule has 2 amide bonds. The first-order chi connectivity index (χ1) is 20.5. The predicted octanol–water partition coefficient (Wildman–Crippen LogP) is -1.31. The normalized spacial score (nSPS) is 17.4. The van der Waals surface area contributed by atoms with Crippen LogP contribution in [-0.2, 0) is 30.3 Å². The number of rotatable bonds is 18. The Balaban J connectivity index is 2.09. The number of hydrogen-bond acceptors (Lipinski definition) is 11. The molecule has 0 saturated carbocycles. The van der Waals surface area contributed by atoms with Crippen molar-refractivity contribution in [2.75, 3.05) is 32.8 Å². The molecule has 0 aliphatic carbocycles. The van der Waals surface area contributed by atoms with Crippen LogP contribution in [0.1, 0.15) is 51.5 Å². The highest BCUT2D eigenvalue weighted by molar-refractivity contribution is 5.94. The molecule has 43 heavy (non-hydrogen) atoms. The van der Waals surface area contributed by atoms with Crippen LogP contribution in [0.5, 0.6) is 0 Å². The van der Waals surface area contributed by atoms with Crippen LogP contribution in [0.4, 0.5) is 0 Å². The van der Waals surface area contributed by atoms with Gasteiger partial charge in [-0.05, 0) is 69.6 Å². The van der Waals surface area contributed by atoms with Gasteiger partial charge in [0, 0.05) is 12.6 Å². The Labute approximate surface area is 253 Å². The quantitative estimate of drug-likeness (QED) is 0.0557. The third-order valence-electron chi connectivity index (χ3n) is 7.27. The predicted molar refractivity (Wildman–Crippen MR) is 161 cm³/mol. The number of ether oxygens (including phenoxy) is 1. The van der Waals surface area contributed by atoms with Gasteiger partial charge in [-0.3, -0.25) is 14.4 Å². The summed E-state index contributed by atoms with van der Waals surface area (Å²) in [5, 5.41) is 30.0. The van der Waals surface area contributed by atoms with E-state index in [-0.39, 0.29) is 38.3 Å². The van der Waals surface area contributed by atoms with E-state index in [9.17, 15) is 24.3 Å². The van der Waals surface area contributed by atoms with Crippen molar-refractivity contribution in [3.63, 3.8) is 0 Å². The highest BCUT2D eigenvalue weighted by atomic mass is 16.6. The van der Waals surface area contributed by atoms with Gasteiger partial charge in [0.25, 0.3) is 0 Å². The van der Waals surface area contributed by atoms with Crippen molar-refractivity contribution in [1.29, 1.82) is 0 Å². The van der Waals surface area contributed by atoms with Crippen LogP contribution in [0, 0.1) is 11.8 Å². The largest absolute Gasteiger partial charge is 0.394 e. The zero-order chi connectivity index (χ0) is 31.8. The minimum atomic E-state index is -1.24. The Morgan fingerprint density at radius 3 is 2.28 bits per heavy atom. The highest BCUT2D eigenvalue weighted by Gasteiger charge is 2.33. The Hall–Kier alpha value is -2.94. The smallest absolute Gasteiger partial charge is 0.336 e. The molecule has 1 aromatic carbocycles. The van der Waals surface area contributed by atoms with Gasteiger partial charge >= 0.3 is 11.9 Å². The van der Waals surface area contributed by atoms with E-state index >= 15 is 0 Å². The first-order valence-electron chi connectivity index (χ1n) is 15.1. The van der Waals surface area contributed by atoms with E-state index in [0.717, 1.165) is 5.56 Å². The lowest BCUT2D eigenvalue weighted by atomic mass is 9.98. The Kier molecular flexibility index (Phi) is 16.3. The van der Waals surface area contributed by atoms with E-state index in [1.807, 2.05) is 44.2 Å². The summed E-state index contributed by atoms with van der Waals surface area (Å²) < 4.78 is 5.21. The molecular weight excluding hydrogens is 556 g/mol. The Bertz CT molecular complexity index is 1010. The second-order valence-corrected chi connectivity index (χ2v) is 11.6. The van der Waals surface area contributed by atoms with Gasteiger partial charge in [-0.15, -0.1) is 0 Å². The molecule has 2 rings (SSSR count). The molecule has 1 saturated heterocycles. The van der Waals surface area contributed by atoms with Gasteiger partial charge in [0.2, 0.25) is 11.8 Å². The van der Waals surface area contributed by atoms with Crippen LogP contribution in [0.15, 0.2) is 30.3 Å². The van der Waals surface area contributed by atoms with Crippen molar-refractivity contribution in [3.8, 4) is 0 Å². The third kappa shape index (κ3) is 13.9. The molecule has 1 heterocycles. The Morgan fingerprint density at radius 2 is 1.65 bits per heavy atom. The fourth-order valence-electron chi connectivity index (χ4n) is 4.78. The number of benzene rings is 1. The second-order valence-electron chi connectivity index (χ2n) is 11.6. The molecule has 1 aromatic rings. The minimum absolute atomic E-state index is 0.0236. The first kappa shape index (κ1) is 36.3. The summed E-state index contributed by atoms with van der Waals surface area (Å²) in [6, 6.07) is 5.60. The zero-order valence-corrected chi connectivity index (χ0v) is 25.3. The topological polar surface area (TPSA) is 218 Å². The number of esters is 2. The number of nitrogens with two attached hydrogens (primary N) is 2. The van der Waals surface area contributed by atoms with Gasteiger partial charge in [-0.1, -0.05) is 44.2 Å². The molecule has 13 nitrogen and oxygen atoms in total. The van der Waals surface area contributed by atoms with Gasteiger partial charge in [-0.25, -0.2) is 4.79 Å². The summed E-state index contributed by atoms with van der Waals surface area (Å²) in [6.45, 7) is 5.24. The Morgan fingerprint density at radius 1 is 1.00 bits per heavy atom. The second kappa shape index (κ2) is 19.4. The van der Waals surface area contributed by atoms with Crippen LogP contribution >= 0.6 is 0 Å². The number of piperidine rings is 1. The lowest BCUT2D eigenvalue weighted by molar-refractivity contribution is -0.165. The van der Waals surface area contributed by atoms with Gasteiger partial charge in [0.15, 0.2) is 0 Å². The summed E-state index contributed by atoms with van der Waals surface area (Å²) in [7, 11) is 0. The average Bonchev–Trinajstić information content (AvgIpc) is 2.99. The van der Waals surface area contributed by atoms with Gasteiger partial charge in [-0.2, -0.15) is 0 Å². The molecule has 0 aromatic heterocycles. The molecule has 0 radical (unpaired) electrons. The fourth-order valence-corrected chi connectivity index (χ4v) is 4.78. The van der Waals surface area contributed by atoms with E-state index in [2.05, 4.69) is 21.3 Å². The third-order valence-corrected chi connectivity index (χ3v) is 7.27. The molecule has 13 heteroatoms. The molecule has 1 fully saturated rings. The number of aliphatic hydroxyl groups excluding tert-OH is 2. The van der Waals surface area contributed by atoms with E-state index in [4.69, 9.17) is 21.3 Å². The average molecular weight is 607 g/mol. The van der Waals surface area contributed by atoms with Crippen molar-refractivity contribution in [3.05, 3.63) is 35.9 Å². The maximum atomic E-state index is 13.5. The molecule has 10 N–H and O–H groups in total. The molecule has 0 bridgehead atoms. The standard InChI is InChI=1S/C30H50N6O7/c1-19(2)14-25(35-27(39)24(32)15-20-6-4-3-5-7-20)28(40)36-26(16-22(31)10-13-34-17-23(38)18-37)30(42)43-29(41)21-8-11-33-12-9-21/h3-7,19,21-26,33-34,37-38H,8-18,31-32H2,1-2H3,(H,35,39)(H,36,40)/t22?,23-,24+,25+,26?/m0/s1. The van der Waals surface area contributed by atoms with E-state index in [1.54, 1.807) is 0 Å². The summed E-state index contributed by atoms with van der Waals surface area (Å²) >= 11 is 0. The molecular formula is C30H50N6O7. The van der Waals surface area contributed by atoms with Crippen LogP contribution in [0.2, 0.25) is 0 Å². The van der Waals surface area contributed by atoms with E-state index in [0.29, 0.717) is 38.9 Å². The maximum absolute atomic E-state index is 13.5. The number of carbonyl (C=O) groups is 4. The fraction of sp³-hybridized carbons (Fsp3) is 0.667. The maximum Gasteiger partial charge on any atom is 0.336 e. The summed E-state index contributed by atoms with van der Waals surface area (Å²) in [6.07, 6.45) is 1.10. The van der Waals surface area contributed by atoms with Crippen LogP contribution in [-0.4, -0.2) is 97.0 Å². The number of carbonyl (C=O) groups excluding carboxylic acids is 4. The van der Waals surface area contributed by atoms with Crippen LogP contribution in [0.25, 0.3) is 0 Å². The van der Waals surface area contributed by atoms with Crippen molar-refractivity contribution in [2.24, 2.45) is 23.3 Å². The van der Waals surface area contributed by atoms with E-state index in [1.165, 1.54) is 0 Å². The lowest BCUT2D eigenvalue weighted by Crippen LogP contribution is -2.56. The van der Waals surface area contributed by atoms with Crippen molar-refractivity contribution >= 4 is 23.8 Å². The van der Waals surface area contributed by atoms with Crippen molar-refractivity contribution in [2.45, 2.75) is 82.6 Å². The first-order valence-corrected chi connectivity index (χ1v) is 15.1. The summed E-state index contributed by atoms with van der Waals surface area (Å²) in [5.41, 5.74) is 13.3. The minimum Gasteiger partial charge on any atom is -0.394 e. The number of hydrogen-bond donors (Lipinski definition) is 8. The SMILES string of the molecule is CC(C)C[C@@H](NC(=O)[C@H](N)Cc1ccccc1)C(=O)NC(CC(N)CCNC[C@H](O)CO)C(=O)OC(=O)C1CCNCC1. The van der Waals surface area contributed by atoms with Crippen molar-refractivity contribution < 1.29 is 34.1 Å². The van der Waals surface area contributed by atoms with Gasteiger partial charge < -0.3 is 47.7 Å². The van der Waals surface area contributed by atoms with Crippen LogP contribution in [0.3, 0.4) is 0 Å². The van der Waals surface area contributed by atoms with Gasteiger partial charge in [0.05, 0.1) is 24.7 Å². The summed E-state index contributed by atoms with van der Waals surface area (Å²) in [4.78, 5) is 52.3. The molecule has 5 atom stereocenters. The number of nitrogens with one attached hydrogen (secondary N) is 4. The molecule has 0 spiro atoms. The number of amides is 2. The summed E-state index contributed by atoms with van der Waals surface area (Å²) in [5.74, 6) is -3.06. The molecule has 1 aliphatic rings.